The van der Waals surface area contributed by atoms with E-state index in [4.69, 9.17) is 33.1 Å². The maximum atomic E-state index is 15.4. The lowest BCUT2D eigenvalue weighted by atomic mass is 9.61. The summed E-state index contributed by atoms with van der Waals surface area (Å²) in [5.74, 6) is -7.06. The van der Waals surface area contributed by atoms with Crippen LogP contribution in [0.25, 0.3) is 0 Å². The summed E-state index contributed by atoms with van der Waals surface area (Å²) in [5.41, 5.74) is -2.70. The van der Waals surface area contributed by atoms with E-state index in [-0.39, 0.29) is 34.2 Å². The van der Waals surface area contributed by atoms with Crippen LogP contribution in [0.1, 0.15) is 50.2 Å². The summed E-state index contributed by atoms with van der Waals surface area (Å²) in [6.07, 6.45) is -3.85. The lowest BCUT2D eigenvalue weighted by Crippen LogP contribution is -2.46. The molecule has 14 heteroatoms. The van der Waals surface area contributed by atoms with Crippen LogP contribution in [0.2, 0.25) is 10.0 Å². The van der Waals surface area contributed by atoms with Crippen LogP contribution in [0.5, 0.6) is 0 Å². The third-order valence-corrected chi connectivity index (χ3v) is 8.14. The smallest absolute Gasteiger partial charge is 0.480 e. The number of carboxylic acid groups (broad SMARTS) is 2. The second kappa shape index (κ2) is 13.3. The SMILES string of the molecule is CCC(CC)(CO)C[C@@H]1N[C@@H](C(=O)O)[C@H](c2cccc(Cl)c2F)[C@@]1(C#N)c1ccc(Cl)cc1F.O=C(O)C(F)(F)F. The molecule has 224 valence electrons. The van der Waals surface area contributed by atoms with Crippen LogP contribution in [0.4, 0.5) is 22.0 Å². The van der Waals surface area contributed by atoms with Crippen LogP contribution in [0.15, 0.2) is 36.4 Å². The highest BCUT2D eigenvalue weighted by atomic mass is 35.5. The predicted molar refractivity (Wildman–Crippen MR) is 140 cm³/mol. The summed E-state index contributed by atoms with van der Waals surface area (Å²) < 4.78 is 62.4. The Morgan fingerprint density at radius 2 is 1.68 bits per heavy atom. The van der Waals surface area contributed by atoms with Crippen molar-refractivity contribution in [3.63, 3.8) is 0 Å². The van der Waals surface area contributed by atoms with Crippen LogP contribution in [0.3, 0.4) is 0 Å². The molecule has 2 aromatic carbocycles. The molecule has 1 aliphatic heterocycles. The third kappa shape index (κ3) is 6.92. The van der Waals surface area contributed by atoms with Gasteiger partial charge in [-0.3, -0.25) is 10.1 Å². The van der Waals surface area contributed by atoms with E-state index in [1.165, 1.54) is 30.3 Å². The Morgan fingerprint density at radius 1 is 1.10 bits per heavy atom. The molecular weight excluding hydrogens is 598 g/mol. The Balaban J connectivity index is 0.000000745. The molecule has 0 unspecified atom stereocenters. The van der Waals surface area contributed by atoms with Crippen LogP contribution < -0.4 is 5.32 Å². The molecule has 3 rings (SSSR count). The largest absolute Gasteiger partial charge is 0.490 e. The maximum Gasteiger partial charge on any atom is 0.490 e. The zero-order chi connectivity index (χ0) is 31.3. The fourth-order valence-corrected chi connectivity index (χ4v) is 5.53. The van der Waals surface area contributed by atoms with Gasteiger partial charge in [0.1, 0.15) is 23.1 Å². The summed E-state index contributed by atoms with van der Waals surface area (Å²) in [6.45, 7) is 3.56. The van der Waals surface area contributed by atoms with Crippen LogP contribution in [-0.2, 0) is 15.0 Å². The van der Waals surface area contributed by atoms with Gasteiger partial charge in [-0.2, -0.15) is 18.4 Å². The second-order valence-electron chi connectivity index (χ2n) is 9.63. The number of alkyl halides is 3. The Bertz CT molecular complexity index is 1310. The van der Waals surface area contributed by atoms with E-state index in [0.717, 1.165) is 6.07 Å². The number of nitrogens with zero attached hydrogens (tertiary/aromatic N) is 1. The molecule has 1 fully saturated rings. The van der Waals surface area contributed by atoms with Crippen molar-refractivity contribution >= 4 is 35.1 Å². The van der Waals surface area contributed by atoms with Gasteiger partial charge in [-0.1, -0.05) is 55.2 Å². The van der Waals surface area contributed by atoms with Gasteiger partial charge in [0, 0.05) is 29.2 Å². The number of halogens is 7. The number of rotatable bonds is 8. The average Bonchev–Trinajstić information content (AvgIpc) is 3.23. The maximum absolute atomic E-state index is 15.4. The monoisotopic (exact) mass is 624 g/mol. The minimum absolute atomic E-state index is 0.0935. The van der Waals surface area contributed by atoms with E-state index in [0.29, 0.717) is 12.8 Å². The molecule has 0 bridgehead atoms. The van der Waals surface area contributed by atoms with E-state index in [1.807, 2.05) is 13.8 Å². The van der Waals surface area contributed by atoms with Crippen molar-refractivity contribution in [2.24, 2.45) is 5.41 Å². The minimum atomic E-state index is -5.08. The number of hydrogen-bond donors (Lipinski definition) is 4. The molecule has 0 aliphatic carbocycles. The molecule has 0 saturated carbocycles. The number of aliphatic hydroxyl groups is 1. The first-order valence-electron chi connectivity index (χ1n) is 12.3. The van der Waals surface area contributed by atoms with Crippen molar-refractivity contribution in [1.29, 1.82) is 5.26 Å². The Morgan fingerprint density at radius 3 is 2.12 bits per heavy atom. The molecule has 4 N–H and O–H groups in total. The zero-order valence-corrected chi connectivity index (χ0v) is 23.3. The van der Waals surface area contributed by atoms with Crippen molar-refractivity contribution in [1.82, 2.24) is 5.32 Å². The highest BCUT2D eigenvalue weighted by molar-refractivity contribution is 6.31. The minimum Gasteiger partial charge on any atom is -0.480 e. The van der Waals surface area contributed by atoms with Gasteiger partial charge in [-0.25, -0.2) is 13.6 Å². The van der Waals surface area contributed by atoms with E-state index >= 15 is 8.78 Å². The molecule has 1 aliphatic rings. The molecule has 7 nitrogen and oxygen atoms in total. The Kier molecular flexibility index (Phi) is 11.1. The molecule has 0 radical (unpaired) electrons. The molecule has 2 aromatic rings. The van der Waals surface area contributed by atoms with Gasteiger partial charge in [0.15, 0.2) is 0 Å². The number of carboxylic acids is 2. The molecule has 1 heterocycles. The standard InChI is InChI=1S/C25H26Cl2F2N2O3.C2HF3O2/c1-3-24(4-2,13-32)11-19-25(12-30,16-9-8-14(26)10-18(16)28)20(22(31-19)23(33)34)15-6-5-7-17(27)21(15)29;3-2(4,5)1(6)7/h5-10,19-20,22,31-32H,3-4,11,13H2,1-2H3,(H,33,34);(H,6,7)/t19-,20-,22+,25-;/m0./s1. The highest BCUT2D eigenvalue weighted by Gasteiger charge is 2.61. The van der Waals surface area contributed by atoms with Crippen molar-refractivity contribution in [2.45, 2.75) is 62.7 Å². The van der Waals surface area contributed by atoms with Crippen LogP contribution in [0, 0.1) is 28.4 Å². The van der Waals surface area contributed by atoms with Crippen molar-refractivity contribution < 1.29 is 46.9 Å². The van der Waals surface area contributed by atoms with Gasteiger partial charge in [-0.15, -0.1) is 0 Å². The molecule has 0 amide bonds. The summed E-state index contributed by atoms with van der Waals surface area (Å²) in [4.78, 5) is 21.3. The summed E-state index contributed by atoms with van der Waals surface area (Å²) >= 11 is 12.0. The first-order valence-corrected chi connectivity index (χ1v) is 13.0. The molecule has 4 atom stereocenters. The van der Waals surface area contributed by atoms with Crippen LogP contribution >= 0.6 is 23.2 Å². The molecule has 41 heavy (non-hydrogen) atoms. The number of hydrogen-bond acceptors (Lipinski definition) is 5. The molecule has 0 spiro atoms. The number of aliphatic carboxylic acids is 2. The number of benzene rings is 2. The van der Waals surface area contributed by atoms with E-state index in [9.17, 15) is 33.4 Å². The molecule has 1 saturated heterocycles. The van der Waals surface area contributed by atoms with Gasteiger partial charge >= 0.3 is 18.1 Å². The van der Waals surface area contributed by atoms with E-state index in [2.05, 4.69) is 11.4 Å². The number of nitriles is 1. The fraction of sp³-hybridized carbons (Fsp3) is 0.444. The number of nitrogens with one attached hydrogen (secondary N) is 1. The van der Waals surface area contributed by atoms with Crippen LogP contribution in [-0.4, -0.2) is 52.1 Å². The first-order chi connectivity index (χ1) is 19.0. The zero-order valence-electron chi connectivity index (χ0n) is 21.8. The lowest BCUT2D eigenvalue weighted by Gasteiger charge is -2.39. The molecular formula is C27H27Cl2F5N2O5. The summed E-state index contributed by atoms with van der Waals surface area (Å²) in [5, 5.41) is 40.9. The number of aliphatic hydroxyl groups excluding tert-OH is 1. The average molecular weight is 625 g/mol. The highest BCUT2D eigenvalue weighted by Crippen LogP contribution is 2.53. The third-order valence-electron chi connectivity index (χ3n) is 7.61. The van der Waals surface area contributed by atoms with Gasteiger partial charge in [0.25, 0.3) is 0 Å². The van der Waals surface area contributed by atoms with Gasteiger partial charge in [-0.05, 0) is 48.4 Å². The van der Waals surface area contributed by atoms with Gasteiger partial charge < -0.3 is 15.3 Å². The van der Waals surface area contributed by atoms with Crippen molar-refractivity contribution in [3.8, 4) is 6.07 Å². The van der Waals surface area contributed by atoms with Gasteiger partial charge in [0.05, 0.1) is 11.1 Å². The van der Waals surface area contributed by atoms with Crippen molar-refractivity contribution in [3.05, 3.63) is 69.2 Å². The number of carbonyl (C=O) groups is 2. The predicted octanol–water partition coefficient (Wildman–Crippen LogP) is 6.06. The Hall–Kier alpha value is -2.98. The fourth-order valence-electron chi connectivity index (χ4n) is 5.19. The first kappa shape index (κ1) is 34.2. The topological polar surface area (TPSA) is 131 Å². The van der Waals surface area contributed by atoms with Crippen molar-refractivity contribution in [2.75, 3.05) is 6.61 Å². The van der Waals surface area contributed by atoms with E-state index < -0.39 is 58.6 Å². The summed E-state index contributed by atoms with van der Waals surface area (Å²) in [7, 11) is 0. The second-order valence-corrected chi connectivity index (χ2v) is 10.5. The summed E-state index contributed by atoms with van der Waals surface area (Å²) in [6, 6.07) is 7.78. The van der Waals surface area contributed by atoms with E-state index in [1.54, 1.807) is 0 Å². The lowest BCUT2D eigenvalue weighted by molar-refractivity contribution is -0.192. The normalized spacial score (nSPS) is 22.4. The molecule has 0 aromatic heterocycles. The van der Waals surface area contributed by atoms with Gasteiger partial charge in [0.2, 0.25) is 0 Å². The Labute approximate surface area is 242 Å². The quantitative estimate of drug-likeness (QED) is 0.262.